The number of likely N-dealkylation sites (tertiary alicyclic amines) is 2. The summed E-state index contributed by atoms with van der Waals surface area (Å²) < 4.78 is 6.85. The summed E-state index contributed by atoms with van der Waals surface area (Å²) in [6, 6.07) is 0.165. The lowest BCUT2D eigenvalue weighted by Gasteiger charge is -2.47. The minimum absolute atomic E-state index is 0.00934. The first kappa shape index (κ1) is 17.8. The molecule has 2 aromatic heterocycles. The van der Waals surface area contributed by atoms with E-state index in [0.29, 0.717) is 36.0 Å². The van der Waals surface area contributed by atoms with E-state index in [1.54, 1.807) is 19.4 Å². The Morgan fingerprint density at radius 2 is 2.11 bits per heavy atom. The molecule has 2 saturated heterocycles. The predicted octanol–water partition coefficient (Wildman–Crippen LogP) is 1.97. The first-order valence-corrected chi connectivity index (χ1v) is 9.61. The van der Waals surface area contributed by atoms with Crippen molar-refractivity contribution in [3.05, 3.63) is 35.7 Å². The Morgan fingerprint density at radius 1 is 1.26 bits per heavy atom. The van der Waals surface area contributed by atoms with Crippen LogP contribution in [0.1, 0.15) is 52.7 Å². The zero-order valence-electron chi connectivity index (χ0n) is 15.8. The topological polar surface area (TPSA) is 84.5 Å². The Balaban J connectivity index is 1.46. The number of nitrogens with zero attached hydrogens (tertiary/aromatic N) is 5. The predicted molar refractivity (Wildman–Crippen MR) is 97.2 cm³/mol. The van der Waals surface area contributed by atoms with Crippen molar-refractivity contribution in [2.45, 2.75) is 45.7 Å². The normalized spacial score (nSPS) is 22.6. The molecule has 0 aromatic carbocycles. The summed E-state index contributed by atoms with van der Waals surface area (Å²) in [5.74, 6) is 0.276. The molecule has 144 valence electrons. The number of aryl methyl sites for hydroxylation is 2. The molecule has 0 N–H and O–H groups in total. The standard InChI is InChI=1S/C19H25N5O3/c1-3-22-10-16(20-12-22)19(26)23-8-6-17-14(9-23)5-4-7-24(17)18(25)15-11-27-21-13(15)2/h10-12,14,17H,3-9H2,1-2H3. The molecule has 27 heavy (non-hydrogen) atoms. The summed E-state index contributed by atoms with van der Waals surface area (Å²) in [6.45, 7) is 6.67. The summed E-state index contributed by atoms with van der Waals surface area (Å²) in [6.07, 6.45) is 7.71. The highest BCUT2D eigenvalue weighted by Crippen LogP contribution is 2.32. The number of aromatic nitrogens is 3. The van der Waals surface area contributed by atoms with Gasteiger partial charge in [0.2, 0.25) is 0 Å². The third kappa shape index (κ3) is 3.24. The molecule has 4 heterocycles. The Labute approximate surface area is 158 Å². The van der Waals surface area contributed by atoms with Crippen LogP contribution < -0.4 is 0 Å². The molecule has 2 aliphatic rings. The second-order valence-electron chi connectivity index (χ2n) is 7.41. The quantitative estimate of drug-likeness (QED) is 0.823. The van der Waals surface area contributed by atoms with Crippen LogP contribution in [0.2, 0.25) is 0 Å². The summed E-state index contributed by atoms with van der Waals surface area (Å²) >= 11 is 0. The number of carbonyl (C=O) groups excluding carboxylic acids is 2. The third-order valence-corrected chi connectivity index (χ3v) is 5.81. The maximum atomic E-state index is 12.9. The zero-order chi connectivity index (χ0) is 19.0. The number of carbonyl (C=O) groups is 2. The fourth-order valence-electron chi connectivity index (χ4n) is 4.30. The fourth-order valence-corrected chi connectivity index (χ4v) is 4.30. The Hall–Kier alpha value is -2.64. The smallest absolute Gasteiger partial charge is 0.274 e. The van der Waals surface area contributed by atoms with Crippen LogP contribution in [0.25, 0.3) is 0 Å². The number of imidazole rings is 1. The lowest BCUT2D eigenvalue weighted by molar-refractivity contribution is 0.0195. The van der Waals surface area contributed by atoms with Crippen molar-refractivity contribution in [1.82, 2.24) is 24.5 Å². The van der Waals surface area contributed by atoms with Crippen molar-refractivity contribution in [3.8, 4) is 0 Å². The van der Waals surface area contributed by atoms with E-state index in [1.165, 1.54) is 6.26 Å². The molecule has 0 aliphatic carbocycles. The van der Waals surface area contributed by atoms with Gasteiger partial charge in [0.25, 0.3) is 11.8 Å². The van der Waals surface area contributed by atoms with E-state index in [0.717, 1.165) is 32.4 Å². The lowest BCUT2D eigenvalue weighted by atomic mass is 9.83. The minimum atomic E-state index is -0.0148. The average Bonchev–Trinajstić information content (AvgIpc) is 3.34. The van der Waals surface area contributed by atoms with Gasteiger partial charge in [-0.3, -0.25) is 9.59 Å². The molecule has 8 nitrogen and oxygen atoms in total. The molecule has 0 bridgehead atoms. The van der Waals surface area contributed by atoms with Gasteiger partial charge >= 0.3 is 0 Å². The number of hydrogen-bond donors (Lipinski definition) is 0. The molecule has 2 unspecified atom stereocenters. The van der Waals surface area contributed by atoms with Crippen LogP contribution in [0, 0.1) is 12.8 Å². The summed E-state index contributed by atoms with van der Waals surface area (Å²) in [7, 11) is 0. The van der Waals surface area contributed by atoms with Crippen molar-refractivity contribution in [3.63, 3.8) is 0 Å². The molecule has 2 aromatic rings. The molecule has 2 atom stereocenters. The molecule has 0 saturated carbocycles. The monoisotopic (exact) mass is 371 g/mol. The van der Waals surface area contributed by atoms with E-state index in [2.05, 4.69) is 10.1 Å². The van der Waals surface area contributed by atoms with E-state index < -0.39 is 0 Å². The van der Waals surface area contributed by atoms with Gasteiger partial charge < -0.3 is 18.9 Å². The molecule has 4 rings (SSSR count). The van der Waals surface area contributed by atoms with Gasteiger partial charge in [0, 0.05) is 38.4 Å². The Morgan fingerprint density at radius 3 is 2.81 bits per heavy atom. The van der Waals surface area contributed by atoms with Crippen molar-refractivity contribution in [1.29, 1.82) is 0 Å². The van der Waals surface area contributed by atoms with Crippen LogP contribution in [-0.2, 0) is 6.54 Å². The van der Waals surface area contributed by atoms with Crippen molar-refractivity contribution in [2.75, 3.05) is 19.6 Å². The Kier molecular flexibility index (Phi) is 4.72. The molecular formula is C19H25N5O3. The van der Waals surface area contributed by atoms with E-state index >= 15 is 0 Å². The molecule has 2 aliphatic heterocycles. The van der Waals surface area contributed by atoms with E-state index in [4.69, 9.17) is 4.52 Å². The van der Waals surface area contributed by atoms with Crippen LogP contribution in [0.15, 0.2) is 23.3 Å². The highest BCUT2D eigenvalue weighted by atomic mass is 16.5. The van der Waals surface area contributed by atoms with Gasteiger partial charge in [0.1, 0.15) is 17.5 Å². The Bertz CT molecular complexity index is 842. The second kappa shape index (κ2) is 7.17. The largest absolute Gasteiger partial charge is 0.364 e. The van der Waals surface area contributed by atoms with E-state index in [-0.39, 0.29) is 17.9 Å². The van der Waals surface area contributed by atoms with Crippen LogP contribution >= 0.6 is 0 Å². The number of hydrogen-bond acceptors (Lipinski definition) is 5. The van der Waals surface area contributed by atoms with Gasteiger partial charge in [-0.1, -0.05) is 5.16 Å². The summed E-state index contributed by atoms with van der Waals surface area (Å²) in [5.41, 5.74) is 1.67. The first-order valence-electron chi connectivity index (χ1n) is 9.61. The van der Waals surface area contributed by atoms with Gasteiger partial charge in [-0.2, -0.15) is 0 Å². The molecule has 8 heteroatoms. The maximum Gasteiger partial charge on any atom is 0.274 e. The van der Waals surface area contributed by atoms with Crippen molar-refractivity contribution in [2.24, 2.45) is 5.92 Å². The van der Waals surface area contributed by atoms with Crippen molar-refractivity contribution < 1.29 is 14.1 Å². The first-order chi connectivity index (χ1) is 13.1. The van der Waals surface area contributed by atoms with Crippen LogP contribution in [0.5, 0.6) is 0 Å². The third-order valence-electron chi connectivity index (χ3n) is 5.81. The van der Waals surface area contributed by atoms with E-state index in [1.807, 2.05) is 21.3 Å². The van der Waals surface area contributed by atoms with Gasteiger partial charge in [0.15, 0.2) is 0 Å². The SMILES string of the molecule is CCn1cnc(C(=O)N2CCC3C(CCCN3C(=O)c3conc3C)C2)c1. The molecule has 2 amide bonds. The number of fused-ring (bicyclic) bond motifs is 1. The second-order valence-corrected chi connectivity index (χ2v) is 7.41. The van der Waals surface area contributed by atoms with E-state index in [9.17, 15) is 9.59 Å². The van der Waals surface area contributed by atoms with Gasteiger partial charge in [-0.25, -0.2) is 4.98 Å². The number of amides is 2. The van der Waals surface area contributed by atoms with Crippen LogP contribution in [0.4, 0.5) is 0 Å². The molecule has 2 fully saturated rings. The van der Waals surface area contributed by atoms with Gasteiger partial charge in [-0.15, -0.1) is 0 Å². The summed E-state index contributed by atoms with van der Waals surface area (Å²) in [5, 5.41) is 3.83. The summed E-state index contributed by atoms with van der Waals surface area (Å²) in [4.78, 5) is 33.8. The van der Waals surface area contributed by atoms with Crippen LogP contribution in [-0.4, -0.2) is 62.0 Å². The molecule has 0 spiro atoms. The minimum Gasteiger partial charge on any atom is -0.364 e. The zero-order valence-corrected chi connectivity index (χ0v) is 15.8. The number of rotatable bonds is 3. The molecular weight excluding hydrogens is 346 g/mol. The van der Waals surface area contributed by atoms with Crippen molar-refractivity contribution >= 4 is 11.8 Å². The average molecular weight is 371 g/mol. The highest BCUT2D eigenvalue weighted by Gasteiger charge is 2.40. The van der Waals surface area contributed by atoms with Crippen LogP contribution in [0.3, 0.4) is 0 Å². The van der Waals surface area contributed by atoms with Gasteiger partial charge in [-0.05, 0) is 39.0 Å². The molecule has 0 radical (unpaired) electrons. The fraction of sp³-hybridized carbons (Fsp3) is 0.579. The maximum absolute atomic E-state index is 12.9. The number of piperidine rings is 2. The lowest BCUT2D eigenvalue weighted by Crippen LogP contribution is -2.56. The van der Waals surface area contributed by atoms with Gasteiger partial charge in [0.05, 0.1) is 12.0 Å². The highest BCUT2D eigenvalue weighted by molar-refractivity contribution is 5.95.